The van der Waals surface area contributed by atoms with Crippen LogP contribution in [0.2, 0.25) is 0 Å². The number of aromatic nitrogens is 2. The van der Waals surface area contributed by atoms with Crippen molar-refractivity contribution in [3.8, 4) is 0 Å². The van der Waals surface area contributed by atoms with Gasteiger partial charge in [0.25, 0.3) is 5.91 Å². The van der Waals surface area contributed by atoms with E-state index in [1.54, 1.807) is 24.2 Å². The zero-order valence-corrected chi connectivity index (χ0v) is 16.2. The van der Waals surface area contributed by atoms with Crippen molar-refractivity contribution < 1.29 is 4.79 Å². The second kappa shape index (κ2) is 9.19. The summed E-state index contributed by atoms with van der Waals surface area (Å²) < 4.78 is 0. The number of thioether (sulfide) groups is 1. The van der Waals surface area contributed by atoms with Gasteiger partial charge in [0.1, 0.15) is 5.82 Å². The molecule has 0 atom stereocenters. The van der Waals surface area contributed by atoms with E-state index in [1.165, 1.54) is 5.56 Å². The SMILES string of the molecule is CN(C)c1ccc(CNC(=O)c2ccc(SCc3cccnc3)cc2)cn1. The van der Waals surface area contributed by atoms with E-state index in [-0.39, 0.29) is 5.91 Å². The van der Waals surface area contributed by atoms with E-state index in [9.17, 15) is 4.79 Å². The maximum Gasteiger partial charge on any atom is 0.251 e. The molecule has 0 bridgehead atoms. The van der Waals surface area contributed by atoms with Gasteiger partial charge in [0.2, 0.25) is 0 Å². The van der Waals surface area contributed by atoms with Crippen molar-refractivity contribution in [2.24, 2.45) is 0 Å². The Balaban J connectivity index is 1.51. The van der Waals surface area contributed by atoms with Crippen LogP contribution < -0.4 is 10.2 Å². The zero-order chi connectivity index (χ0) is 19.1. The molecule has 2 aromatic heterocycles. The summed E-state index contributed by atoms with van der Waals surface area (Å²) in [5.41, 5.74) is 2.80. The number of carbonyl (C=O) groups is 1. The number of anilines is 1. The van der Waals surface area contributed by atoms with Crippen LogP contribution >= 0.6 is 11.8 Å². The zero-order valence-electron chi connectivity index (χ0n) is 15.4. The minimum atomic E-state index is -0.0875. The molecule has 1 aromatic carbocycles. The maximum atomic E-state index is 12.3. The van der Waals surface area contributed by atoms with Crippen LogP contribution in [0.3, 0.4) is 0 Å². The van der Waals surface area contributed by atoms with E-state index < -0.39 is 0 Å². The van der Waals surface area contributed by atoms with Crippen molar-refractivity contribution in [2.75, 3.05) is 19.0 Å². The molecule has 0 aliphatic carbocycles. The minimum absolute atomic E-state index is 0.0875. The fourth-order valence-corrected chi connectivity index (χ4v) is 3.26. The quantitative estimate of drug-likeness (QED) is 0.634. The molecule has 0 aliphatic heterocycles. The van der Waals surface area contributed by atoms with Crippen molar-refractivity contribution in [2.45, 2.75) is 17.2 Å². The molecule has 1 N–H and O–H groups in total. The number of hydrogen-bond donors (Lipinski definition) is 1. The lowest BCUT2D eigenvalue weighted by atomic mass is 10.2. The lowest BCUT2D eigenvalue weighted by molar-refractivity contribution is 0.0951. The van der Waals surface area contributed by atoms with Gasteiger partial charge in [0.05, 0.1) is 0 Å². The normalized spacial score (nSPS) is 10.4. The summed E-state index contributed by atoms with van der Waals surface area (Å²) in [4.78, 5) is 23.9. The molecule has 0 saturated carbocycles. The van der Waals surface area contributed by atoms with Gasteiger partial charge in [-0.05, 0) is 47.5 Å². The third-order valence-corrected chi connectivity index (χ3v) is 5.05. The van der Waals surface area contributed by atoms with Crippen LogP contribution in [0.5, 0.6) is 0 Å². The second-order valence-corrected chi connectivity index (χ2v) is 7.32. The number of rotatable bonds is 7. The molecule has 0 fully saturated rings. The van der Waals surface area contributed by atoms with Crippen LogP contribution in [-0.4, -0.2) is 30.0 Å². The first-order chi connectivity index (χ1) is 13.1. The second-order valence-electron chi connectivity index (χ2n) is 6.28. The molecule has 138 valence electrons. The van der Waals surface area contributed by atoms with Crippen LogP contribution in [0.15, 0.2) is 72.0 Å². The molecule has 6 heteroatoms. The molecule has 5 nitrogen and oxygen atoms in total. The van der Waals surface area contributed by atoms with Gasteiger partial charge in [-0.1, -0.05) is 12.1 Å². The monoisotopic (exact) mass is 378 g/mol. The number of benzene rings is 1. The van der Waals surface area contributed by atoms with E-state index >= 15 is 0 Å². The van der Waals surface area contributed by atoms with Crippen molar-refractivity contribution >= 4 is 23.5 Å². The Bertz CT molecular complexity index is 865. The number of nitrogens with zero attached hydrogens (tertiary/aromatic N) is 3. The Labute approximate surface area is 163 Å². The fraction of sp³-hybridized carbons (Fsp3) is 0.190. The summed E-state index contributed by atoms with van der Waals surface area (Å²) in [5, 5.41) is 2.93. The predicted octanol–water partition coefficient (Wildman–Crippen LogP) is 3.76. The summed E-state index contributed by atoms with van der Waals surface area (Å²) in [5.74, 6) is 1.66. The molecule has 0 radical (unpaired) electrons. The molecule has 3 rings (SSSR count). The highest BCUT2D eigenvalue weighted by Crippen LogP contribution is 2.22. The van der Waals surface area contributed by atoms with Crippen molar-refractivity contribution in [3.05, 3.63) is 83.8 Å². The van der Waals surface area contributed by atoms with Gasteiger partial charge in [-0.25, -0.2) is 4.98 Å². The molecular weight excluding hydrogens is 356 g/mol. The van der Waals surface area contributed by atoms with Crippen LogP contribution in [0, 0.1) is 0 Å². The van der Waals surface area contributed by atoms with E-state index in [0.29, 0.717) is 12.1 Å². The van der Waals surface area contributed by atoms with Gasteiger partial charge < -0.3 is 10.2 Å². The predicted molar refractivity (Wildman–Crippen MR) is 110 cm³/mol. The highest BCUT2D eigenvalue weighted by molar-refractivity contribution is 7.98. The number of hydrogen-bond acceptors (Lipinski definition) is 5. The Hall–Kier alpha value is -2.86. The molecule has 27 heavy (non-hydrogen) atoms. The first-order valence-electron chi connectivity index (χ1n) is 8.64. The third kappa shape index (κ3) is 5.56. The Morgan fingerprint density at radius 3 is 2.48 bits per heavy atom. The molecule has 0 saturated heterocycles. The van der Waals surface area contributed by atoms with E-state index in [4.69, 9.17) is 0 Å². The number of carbonyl (C=O) groups excluding carboxylic acids is 1. The maximum absolute atomic E-state index is 12.3. The van der Waals surface area contributed by atoms with Crippen LogP contribution in [0.25, 0.3) is 0 Å². The highest BCUT2D eigenvalue weighted by atomic mass is 32.2. The minimum Gasteiger partial charge on any atom is -0.363 e. The molecule has 0 spiro atoms. The summed E-state index contributed by atoms with van der Waals surface area (Å²) in [6.07, 6.45) is 5.43. The van der Waals surface area contributed by atoms with Crippen molar-refractivity contribution in [1.82, 2.24) is 15.3 Å². The summed E-state index contributed by atoms with van der Waals surface area (Å²) in [7, 11) is 3.89. The third-order valence-electron chi connectivity index (χ3n) is 3.97. The first kappa shape index (κ1) is 18.9. The largest absolute Gasteiger partial charge is 0.363 e. The Morgan fingerprint density at radius 1 is 1.04 bits per heavy atom. The number of pyridine rings is 2. The lowest BCUT2D eigenvalue weighted by Gasteiger charge is -2.11. The Morgan fingerprint density at radius 2 is 1.85 bits per heavy atom. The average molecular weight is 379 g/mol. The van der Waals surface area contributed by atoms with E-state index in [1.807, 2.05) is 67.7 Å². The van der Waals surface area contributed by atoms with Gasteiger partial charge in [0, 0.05) is 55.4 Å². The Kier molecular flexibility index (Phi) is 6.44. The van der Waals surface area contributed by atoms with Crippen LogP contribution in [-0.2, 0) is 12.3 Å². The molecule has 0 aliphatic rings. The topological polar surface area (TPSA) is 58.1 Å². The van der Waals surface area contributed by atoms with Gasteiger partial charge >= 0.3 is 0 Å². The standard InChI is InChI=1S/C21H22N4OS/c1-25(2)20-10-5-16(13-23-20)14-24-21(26)18-6-8-19(9-7-18)27-15-17-4-3-11-22-12-17/h3-13H,14-15H2,1-2H3,(H,24,26). The van der Waals surface area contributed by atoms with Gasteiger partial charge in [-0.3, -0.25) is 9.78 Å². The molecular formula is C21H22N4OS. The molecule has 3 aromatic rings. The first-order valence-corrected chi connectivity index (χ1v) is 9.62. The molecule has 2 heterocycles. The number of amides is 1. The summed E-state index contributed by atoms with van der Waals surface area (Å²) in [6, 6.07) is 15.6. The highest BCUT2D eigenvalue weighted by Gasteiger charge is 2.06. The van der Waals surface area contributed by atoms with Gasteiger partial charge in [-0.2, -0.15) is 0 Å². The van der Waals surface area contributed by atoms with Gasteiger partial charge in [0.15, 0.2) is 0 Å². The van der Waals surface area contributed by atoms with Crippen LogP contribution in [0.1, 0.15) is 21.5 Å². The number of nitrogens with one attached hydrogen (secondary N) is 1. The smallest absolute Gasteiger partial charge is 0.251 e. The summed E-state index contributed by atoms with van der Waals surface area (Å²) >= 11 is 1.72. The van der Waals surface area contributed by atoms with Crippen LogP contribution in [0.4, 0.5) is 5.82 Å². The lowest BCUT2D eigenvalue weighted by Crippen LogP contribution is -2.22. The van der Waals surface area contributed by atoms with Gasteiger partial charge in [-0.15, -0.1) is 11.8 Å². The fourth-order valence-electron chi connectivity index (χ4n) is 2.42. The average Bonchev–Trinajstić information content (AvgIpc) is 2.72. The molecule has 1 amide bonds. The van der Waals surface area contributed by atoms with E-state index in [2.05, 4.69) is 21.4 Å². The van der Waals surface area contributed by atoms with Crippen molar-refractivity contribution in [3.63, 3.8) is 0 Å². The van der Waals surface area contributed by atoms with E-state index in [0.717, 1.165) is 22.0 Å². The summed E-state index contributed by atoms with van der Waals surface area (Å²) in [6.45, 7) is 0.455. The molecule has 0 unspecified atom stereocenters. The van der Waals surface area contributed by atoms with Crippen molar-refractivity contribution in [1.29, 1.82) is 0 Å².